The largest absolute Gasteiger partial charge is 0.384 e. The lowest BCUT2D eigenvalue weighted by molar-refractivity contribution is 0.102. The SMILES string of the molecule is Cc1cc(NC(=O)c2cc(N)ncc2Cl)on1. The molecule has 0 unspecified atom stereocenters. The molecule has 3 N–H and O–H groups in total. The van der Waals surface area contributed by atoms with Crippen molar-refractivity contribution in [3.8, 4) is 0 Å². The number of amides is 1. The summed E-state index contributed by atoms with van der Waals surface area (Å²) < 4.78 is 4.85. The molecule has 0 atom stereocenters. The topological polar surface area (TPSA) is 94.0 Å². The van der Waals surface area contributed by atoms with Gasteiger partial charge in [-0.25, -0.2) is 4.98 Å². The van der Waals surface area contributed by atoms with Crippen LogP contribution in [0.3, 0.4) is 0 Å². The van der Waals surface area contributed by atoms with Gasteiger partial charge in [0.25, 0.3) is 5.91 Å². The molecule has 2 aromatic rings. The van der Waals surface area contributed by atoms with E-state index in [9.17, 15) is 4.79 Å². The Kier molecular flexibility index (Phi) is 2.97. The minimum Gasteiger partial charge on any atom is -0.384 e. The van der Waals surface area contributed by atoms with Crippen LogP contribution in [0.25, 0.3) is 0 Å². The maximum absolute atomic E-state index is 11.8. The smallest absolute Gasteiger partial charge is 0.259 e. The van der Waals surface area contributed by atoms with Crippen molar-refractivity contribution in [3.63, 3.8) is 0 Å². The van der Waals surface area contributed by atoms with Gasteiger partial charge >= 0.3 is 0 Å². The van der Waals surface area contributed by atoms with Gasteiger partial charge in [0.1, 0.15) is 5.82 Å². The minimum atomic E-state index is -0.430. The first-order valence-corrected chi connectivity index (χ1v) is 5.10. The molecule has 2 rings (SSSR count). The number of rotatable bonds is 2. The highest BCUT2D eigenvalue weighted by atomic mass is 35.5. The third-order valence-electron chi connectivity index (χ3n) is 1.99. The van der Waals surface area contributed by atoms with E-state index >= 15 is 0 Å². The van der Waals surface area contributed by atoms with Crippen LogP contribution >= 0.6 is 11.6 Å². The molecule has 0 spiro atoms. The molecule has 0 saturated carbocycles. The first-order valence-electron chi connectivity index (χ1n) is 4.72. The van der Waals surface area contributed by atoms with Crippen LogP contribution in [0.4, 0.5) is 11.7 Å². The molecule has 0 aliphatic carbocycles. The second-order valence-electron chi connectivity index (χ2n) is 3.38. The van der Waals surface area contributed by atoms with Crippen molar-refractivity contribution in [1.29, 1.82) is 0 Å². The van der Waals surface area contributed by atoms with Gasteiger partial charge in [-0.15, -0.1) is 0 Å². The van der Waals surface area contributed by atoms with Crippen molar-refractivity contribution in [2.24, 2.45) is 0 Å². The highest BCUT2D eigenvalue weighted by Crippen LogP contribution is 2.18. The van der Waals surface area contributed by atoms with E-state index < -0.39 is 5.91 Å². The number of aryl methyl sites for hydroxylation is 1. The number of hydrogen-bond donors (Lipinski definition) is 2. The molecule has 0 fully saturated rings. The number of nitrogens with zero attached hydrogens (tertiary/aromatic N) is 2. The van der Waals surface area contributed by atoms with E-state index in [4.69, 9.17) is 21.9 Å². The molecule has 2 heterocycles. The van der Waals surface area contributed by atoms with Gasteiger partial charge in [-0.05, 0) is 13.0 Å². The highest BCUT2D eigenvalue weighted by molar-refractivity contribution is 6.34. The molecule has 0 saturated heterocycles. The first-order chi connectivity index (χ1) is 8.06. The Morgan fingerprint density at radius 2 is 2.29 bits per heavy atom. The van der Waals surface area contributed by atoms with E-state index in [-0.39, 0.29) is 22.3 Å². The molecule has 0 aliphatic rings. The normalized spacial score (nSPS) is 10.2. The van der Waals surface area contributed by atoms with Crippen LogP contribution in [0.2, 0.25) is 5.02 Å². The van der Waals surface area contributed by atoms with E-state index in [1.165, 1.54) is 12.3 Å². The molecule has 2 aromatic heterocycles. The van der Waals surface area contributed by atoms with Gasteiger partial charge < -0.3 is 10.3 Å². The number of nitrogens with one attached hydrogen (secondary N) is 1. The summed E-state index contributed by atoms with van der Waals surface area (Å²) >= 11 is 5.84. The highest BCUT2D eigenvalue weighted by Gasteiger charge is 2.13. The summed E-state index contributed by atoms with van der Waals surface area (Å²) in [5.74, 6) is 0.0347. The fraction of sp³-hybridized carbons (Fsp3) is 0.100. The summed E-state index contributed by atoms with van der Waals surface area (Å²) in [5.41, 5.74) is 6.37. The summed E-state index contributed by atoms with van der Waals surface area (Å²) in [4.78, 5) is 15.6. The molecule has 6 nitrogen and oxygen atoms in total. The van der Waals surface area contributed by atoms with Gasteiger partial charge in [0.15, 0.2) is 0 Å². The zero-order valence-corrected chi connectivity index (χ0v) is 9.65. The van der Waals surface area contributed by atoms with Crippen molar-refractivity contribution >= 4 is 29.2 Å². The molecular weight excluding hydrogens is 244 g/mol. The molecule has 0 bridgehead atoms. The molecule has 1 amide bonds. The van der Waals surface area contributed by atoms with Gasteiger partial charge in [-0.2, -0.15) is 0 Å². The van der Waals surface area contributed by atoms with Crippen LogP contribution < -0.4 is 11.1 Å². The number of nitrogens with two attached hydrogens (primary N) is 1. The molecule has 17 heavy (non-hydrogen) atoms. The van der Waals surface area contributed by atoms with Crippen LogP contribution in [-0.4, -0.2) is 16.0 Å². The summed E-state index contributed by atoms with van der Waals surface area (Å²) in [6, 6.07) is 2.98. The van der Waals surface area contributed by atoms with Crippen LogP contribution in [-0.2, 0) is 0 Å². The van der Waals surface area contributed by atoms with Crippen LogP contribution in [0.5, 0.6) is 0 Å². The Labute approximate surface area is 102 Å². The second-order valence-corrected chi connectivity index (χ2v) is 3.78. The van der Waals surface area contributed by atoms with Crippen molar-refractivity contribution in [2.45, 2.75) is 6.92 Å². The fourth-order valence-electron chi connectivity index (χ4n) is 1.23. The van der Waals surface area contributed by atoms with Gasteiger partial charge in [0.2, 0.25) is 5.88 Å². The lowest BCUT2D eigenvalue weighted by Crippen LogP contribution is -2.12. The number of carbonyl (C=O) groups excluding carboxylic acids is 1. The predicted molar refractivity (Wildman–Crippen MR) is 62.9 cm³/mol. The summed E-state index contributed by atoms with van der Waals surface area (Å²) in [7, 11) is 0. The van der Waals surface area contributed by atoms with E-state index in [1.807, 2.05) is 0 Å². The van der Waals surface area contributed by atoms with Crippen LogP contribution in [0.1, 0.15) is 16.1 Å². The Morgan fingerprint density at radius 3 is 2.94 bits per heavy atom. The Morgan fingerprint density at radius 1 is 1.53 bits per heavy atom. The van der Waals surface area contributed by atoms with Gasteiger partial charge in [0.05, 0.1) is 16.3 Å². The van der Waals surface area contributed by atoms with E-state index in [1.54, 1.807) is 13.0 Å². The standard InChI is InChI=1S/C10H9ClN4O2/c1-5-2-9(17-15-5)14-10(16)6-3-8(12)13-4-7(6)11/h2-4H,1H3,(H2,12,13)(H,14,16). The zero-order valence-electron chi connectivity index (χ0n) is 8.90. The maximum Gasteiger partial charge on any atom is 0.259 e. The number of nitrogen functional groups attached to an aromatic ring is 1. The average molecular weight is 253 g/mol. The monoisotopic (exact) mass is 252 g/mol. The molecule has 0 radical (unpaired) electrons. The second kappa shape index (κ2) is 4.42. The van der Waals surface area contributed by atoms with Crippen molar-refractivity contribution in [1.82, 2.24) is 10.1 Å². The Bertz CT molecular complexity index is 567. The third kappa shape index (κ3) is 2.54. The third-order valence-corrected chi connectivity index (χ3v) is 2.29. The van der Waals surface area contributed by atoms with Gasteiger partial charge in [-0.3, -0.25) is 10.1 Å². The number of hydrogen-bond acceptors (Lipinski definition) is 5. The van der Waals surface area contributed by atoms with E-state index in [2.05, 4.69) is 15.5 Å². The van der Waals surface area contributed by atoms with E-state index in [0.29, 0.717) is 5.69 Å². The quantitative estimate of drug-likeness (QED) is 0.851. The minimum absolute atomic E-state index is 0.216. The lowest BCUT2D eigenvalue weighted by atomic mass is 10.2. The first kappa shape index (κ1) is 11.4. The summed E-state index contributed by atoms with van der Waals surface area (Å²) in [5, 5.41) is 6.37. The van der Waals surface area contributed by atoms with Gasteiger partial charge in [-0.1, -0.05) is 16.8 Å². The maximum atomic E-state index is 11.8. The van der Waals surface area contributed by atoms with Crippen molar-refractivity contribution in [3.05, 3.63) is 34.6 Å². The number of anilines is 2. The average Bonchev–Trinajstić information content (AvgIpc) is 2.67. The van der Waals surface area contributed by atoms with Crippen LogP contribution in [0.15, 0.2) is 22.9 Å². The fourth-order valence-corrected chi connectivity index (χ4v) is 1.42. The Balaban J connectivity index is 2.22. The lowest BCUT2D eigenvalue weighted by Gasteiger charge is -2.03. The predicted octanol–water partition coefficient (Wildman–Crippen LogP) is 1.87. The molecule has 88 valence electrons. The zero-order chi connectivity index (χ0) is 12.4. The number of pyridine rings is 1. The molecule has 0 aliphatic heterocycles. The van der Waals surface area contributed by atoms with Gasteiger partial charge in [0, 0.05) is 12.3 Å². The molecule has 7 heteroatoms. The van der Waals surface area contributed by atoms with Crippen molar-refractivity contribution < 1.29 is 9.32 Å². The molecular formula is C10H9ClN4O2. The number of aromatic nitrogens is 2. The van der Waals surface area contributed by atoms with E-state index in [0.717, 1.165) is 0 Å². The summed E-state index contributed by atoms with van der Waals surface area (Å²) in [6.07, 6.45) is 1.32. The van der Waals surface area contributed by atoms with Crippen molar-refractivity contribution in [2.75, 3.05) is 11.1 Å². The Hall–Kier alpha value is -2.08. The number of halogens is 1. The summed E-state index contributed by atoms with van der Waals surface area (Å²) in [6.45, 7) is 1.75. The van der Waals surface area contributed by atoms with Crippen LogP contribution in [0, 0.1) is 6.92 Å². The number of carbonyl (C=O) groups is 1. The molecule has 0 aromatic carbocycles.